The molecule has 0 aliphatic rings. The van der Waals surface area contributed by atoms with E-state index in [1.165, 1.54) is 0 Å². The van der Waals surface area contributed by atoms with Crippen LogP contribution in [0.25, 0.3) is 5.65 Å². The molecule has 130 valence electrons. The number of aryl methyl sites for hydroxylation is 1. The molecular weight excluding hydrogens is 338 g/mol. The summed E-state index contributed by atoms with van der Waals surface area (Å²) < 4.78 is 7.41. The van der Waals surface area contributed by atoms with Crippen LogP contribution in [0.5, 0.6) is 5.75 Å². The molecule has 0 unspecified atom stereocenters. The van der Waals surface area contributed by atoms with Crippen LogP contribution in [-0.2, 0) is 13.0 Å². The maximum atomic E-state index is 12.8. The van der Waals surface area contributed by atoms with Gasteiger partial charge in [0, 0.05) is 17.8 Å². The number of rotatable bonds is 6. The fourth-order valence-electron chi connectivity index (χ4n) is 2.75. The second kappa shape index (κ2) is 7.57. The van der Waals surface area contributed by atoms with Crippen LogP contribution in [0, 0.1) is 0 Å². The zero-order chi connectivity index (χ0) is 17.8. The number of ether oxygens (including phenoxy) is 1. The largest absolute Gasteiger partial charge is 0.490 e. The highest BCUT2D eigenvalue weighted by Gasteiger charge is 2.20. The van der Waals surface area contributed by atoms with Gasteiger partial charge >= 0.3 is 0 Å². The number of nitrogens with one attached hydrogen (secondary N) is 1. The smallest absolute Gasteiger partial charge is 0.270 e. The van der Waals surface area contributed by atoms with Crippen molar-refractivity contribution < 1.29 is 9.53 Å². The number of nitrogens with zero attached hydrogens (tertiary/aromatic N) is 2. The average molecular weight is 358 g/mol. The van der Waals surface area contributed by atoms with E-state index >= 15 is 0 Å². The fourth-order valence-corrected chi connectivity index (χ4v) is 2.95. The van der Waals surface area contributed by atoms with E-state index in [2.05, 4.69) is 10.3 Å². The number of aromatic nitrogens is 2. The van der Waals surface area contributed by atoms with Crippen LogP contribution in [0.3, 0.4) is 0 Å². The second-order valence-corrected chi connectivity index (χ2v) is 5.94. The summed E-state index contributed by atoms with van der Waals surface area (Å²) in [5, 5.41) is 3.57. The minimum absolute atomic E-state index is 0.182. The zero-order valence-corrected chi connectivity index (χ0v) is 15.0. The lowest BCUT2D eigenvalue weighted by Gasteiger charge is -2.09. The first kappa shape index (κ1) is 17.3. The van der Waals surface area contributed by atoms with Crippen LogP contribution in [-0.4, -0.2) is 21.9 Å². The van der Waals surface area contributed by atoms with E-state index in [1.54, 1.807) is 4.40 Å². The first-order chi connectivity index (χ1) is 12.2. The molecule has 5 nitrogen and oxygen atoms in total. The first-order valence-corrected chi connectivity index (χ1v) is 8.67. The van der Waals surface area contributed by atoms with Crippen molar-refractivity contribution in [1.82, 2.24) is 14.7 Å². The van der Waals surface area contributed by atoms with Crippen molar-refractivity contribution in [3.05, 3.63) is 64.6 Å². The molecule has 2 aromatic heterocycles. The third-order valence-corrected chi connectivity index (χ3v) is 4.30. The highest BCUT2D eigenvalue weighted by Crippen LogP contribution is 2.23. The van der Waals surface area contributed by atoms with Crippen molar-refractivity contribution >= 4 is 23.2 Å². The zero-order valence-electron chi connectivity index (χ0n) is 14.3. The molecule has 0 fully saturated rings. The number of pyridine rings is 1. The minimum atomic E-state index is -0.182. The van der Waals surface area contributed by atoms with E-state index < -0.39 is 0 Å². The summed E-state index contributed by atoms with van der Waals surface area (Å²) in [5.74, 6) is 0.489. The quantitative estimate of drug-likeness (QED) is 0.728. The molecule has 25 heavy (non-hydrogen) atoms. The van der Waals surface area contributed by atoms with E-state index in [-0.39, 0.29) is 5.91 Å². The topological polar surface area (TPSA) is 55.6 Å². The maximum absolute atomic E-state index is 12.8. The normalized spacial score (nSPS) is 10.8. The molecule has 3 aromatic rings. The molecule has 2 heterocycles. The Kier molecular flexibility index (Phi) is 5.24. The highest BCUT2D eigenvalue weighted by atomic mass is 35.5. The Balaban J connectivity index is 1.92. The van der Waals surface area contributed by atoms with E-state index in [9.17, 15) is 4.79 Å². The number of amides is 1. The van der Waals surface area contributed by atoms with Gasteiger partial charge in [0.25, 0.3) is 5.91 Å². The number of fused-ring (bicyclic) bond motifs is 1. The molecule has 1 aromatic carbocycles. The van der Waals surface area contributed by atoms with Crippen LogP contribution in [0.4, 0.5) is 0 Å². The van der Waals surface area contributed by atoms with Gasteiger partial charge in [0.1, 0.15) is 5.69 Å². The molecule has 1 N–H and O–H groups in total. The number of halogens is 1. The molecule has 0 aliphatic heterocycles. The van der Waals surface area contributed by atoms with E-state index in [1.807, 2.05) is 56.4 Å². The van der Waals surface area contributed by atoms with Crippen LogP contribution in [0.2, 0.25) is 5.02 Å². The molecule has 0 saturated carbocycles. The SMILES string of the molecule is CCOc1cccn2c(C(=O)NCc3ccccc3Cl)c(CC)nc12. The fraction of sp³-hybridized carbons (Fsp3) is 0.263. The monoisotopic (exact) mass is 357 g/mol. The van der Waals surface area contributed by atoms with Gasteiger partial charge < -0.3 is 10.1 Å². The van der Waals surface area contributed by atoms with Gasteiger partial charge in [-0.05, 0) is 37.1 Å². The van der Waals surface area contributed by atoms with Crippen LogP contribution in [0.15, 0.2) is 42.6 Å². The van der Waals surface area contributed by atoms with Gasteiger partial charge in [-0.1, -0.05) is 36.7 Å². The maximum Gasteiger partial charge on any atom is 0.270 e. The predicted molar refractivity (Wildman–Crippen MR) is 98.4 cm³/mol. The van der Waals surface area contributed by atoms with Crippen molar-refractivity contribution in [2.24, 2.45) is 0 Å². The summed E-state index contributed by atoms with van der Waals surface area (Å²) >= 11 is 6.16. The van der Waals surface area contributed by atoms with Gasteiger partial charge in [0.2, 0.25) is 0 Å². The Labute approximate surface area is 151 Å². The van der Waals surface area contributed by atoms with Gasteiger partial charge in [0.15, 0.2) is 11.4 Å². The molecule has 0 aliphatic carbocycles. The molecular formula is C19H20ClN3O2. The van der Waals surface area contributed by atoms with E-state index in [0.717, 1.165) is 11.3 Å². The number of carbonyl (C=O) groups excluding carboxylic acids is 1. The summed E-state index contributed by atoms with van der Waals surface area (Å²) in [6.45, 7) is 4.80. The van der Waals surface area contributed by atoms with E-state index in [0.29, 0.717) is 41.7 Å². The van der Waals surface area contributed by atoms with Gasteiger partial charge in [-0.3, -0.25) is 9.20 Å². The van der Waals surface area contributed by atoms with Gasteiger partial charge in [0.05, 0.1) is 12.3 Å². The van der Waals surface area contributed by atoms with Crippen LogP contribution >= 0.6 is 11.6 Å². The summed E-state index contributed by atoms with van der Waals surface area (Å²) in [5.41, 5.74) is 2.80. The van der Waals surface area contributed by atoms with Crippen molar-refractivity contribution in [2.75, 3.05) is 6.61 Å². The summed E-state index contributed by atoms with van der Waals surface area (Å²) in [6.07, 6.45) is 2.48. The van der Waals surface area contributed by atoms with Gasteiger partial charge in [-0.15, -0.1) is 0 Å². The summed E-state index contributed by atoms with van der Waals surface area (Å²) in [4.78, 5) is 17.4. The number of benzene rings is 1. The van der Waals surface area contributed by atoms with Gasteiger partial charge in [-0.25, -0.2) is 4.98 Å². The standard InChI is InChI=1S/C19H20ClN3O2/c1-3-15-17(19(24)21-12-13-8-5-6-9-14(13)20)23-11-7-10-16(25-4-2)18(23)22-15/h5-11H,3-4,12H2,1-2H3,(H,21,24). The Morgan fingerprint density at radius 3 is 2.76 bits per heavy atom. The predicted octanol–water partition coefficient (Wildman–Crippen LogP) is 3.88. The van der Waals surface area contributed by atoms with Crippen molar-refractivity contribution in [3.8, 4) is 5.75 Å². The Hall–Kier alpha value is -2.53. The Morgan fingerprint density at radius 2 is 2.04 bits per heavy atom. The molecule has 0 spiro atoms. The molecule has 3 rings (SSSR count). The molecule has 0 bridgehead atoms. The Bertz CT molecular complexity index is 905. The van der Waals surface area contributed by atoms with Crippen LogP contribution in [0.1, 0.15) is 35.6 Å². The number of hydrogen-bond acceptors (Lipinski definition) is 3. The molecule has 0 radical (unpaired) electrons. The van der Waals surface area contributed by atoms with Crippen molar-refractivity contribution in [1.29, 1.82) is 0 Å². The van der Waals surface area contributed by atoms with Crippen LogP contribution < -0.4 is 10.1 Å². The molecule has 0 saturated heterocycles. The average Bonchev–Trinajstić information content (AvgIpc) is 3.01. The van der Waals surface area contributed by atoms with Crippen molar-refractivity contribution in [3.63, 3.8) is 0 Å². The second-order valence-electron chi connectivity index (χ2n) is 5.53. The third-order valence-electron chi connectivity index (χ3n) is 3.93. The first-order valence-electron chi connectivity index (χ1n) is 8.30. The molecule has 1 amide bonds. The summed E-state index contributed by atoms with van der Waals surface area (Å²) in [7, 11) is 0. The van der Waals surface area contributed by atoms with Crippen molar-refractivity contribution in [2.45, 2.75) is 26.8 Å². The molecule has 6 heteroatoms. The lowest BCUT2D eigenvalue weighted by Crippen LogP contribution is -2.25. The third kappa shape index (κ3) is 3.46. The lowest BCUT2D eigenvalue weighted by molar-refractivity contribution is 0.0944. The van der Waals surface area contributed by atoms with E-state index in [4.69, 9.17) is 16.3 Å². The minimum Gasteiger partial charge on any atom is -0.490 e. The molecule has 0 atom stereocenters. The number of imidazole rings is 1. The van der Waals surface area contributed by atoms with Gasteiger partial charge in [-0.2, -0.15) is 0 Å². The lowest BCUT2D eigenvalue weighted by atomic mass is 10.2. The number of carbonyl (C=O) groups is 1. The number of hydrogen-bond donors (Lipinski definition) is 1. The highest BCUT2D eigenvalue weighted by molar-refractivity contribution is 6.31. The summed E-state index contributed by atoms with van der Waals surface area (Å²) in [6, 6.07) is 11.2. The Morgan fingerprint density at radius 1 is 1.24 bits per heavy atom.